The van der Waals surface area contributed by atoms with Crippen LogP contribution < -0.4 is 5.43 Å². The van der Waals surface area contributed by atoms with E-state index in [9.17, 15) is 9.18 Å². The average Bonchev–Trinajstić information content (AvgIpc) is 2.44. The number of para-hydroxylation sites is 1. The molecule has 92 valence electrons. The number of hydrogen-bond acceptors (Lipinski definition) is 1. The minimum absolute atomic E-state index is 0.168. The lowest BCUT2D eigenvalue weighted by molar-refractivity contribution is 0.629. The maximum Gasteiger partial charge on any atom is 0.197 e. The van der Waals surface area contributed by atoms with Crippen LogP contribution in [-0.2, 0) is 0 Å². The summed E-state index contributed by atoms with van der Waals surface area (Å²) in [5.41, 5.74) is 3.92. The van der Waals surface area contributed by atoms with Crippen molar-refractivity contribution in [3.63, 3.8) is 0 Å². The zero-order valence-corrected chi connectivity index (χ0v) is 10.1. The average molecular weight is 251 g/mol. The maximum absolute atomic E-state index is 13.3. The molecule has 19 heavy (non-hydrogen) atoms. The fourth-order valence-corrected chi connectivity index (χ4v) is 2.28. The van der Waals surface area contributed by atoms with Crippen LogP contribution in [0.1, 0.15) is 0 Å². The van der Waals surface area contributed by atoms with Crippen molar-refractivity contribution in [1.82, 2.24) is 4.57 Å². The van der Waals surface area contributed by atoms with Crippen molar-refractivity contribution in [2.75, 3.05) is 0 Å². The molecule has 0 amide bonds. The third kappa shape index (κ3) is 1.68. The Bertz CT molecular complexity index is 902. The Balaban J connectivity index is 2.69. The Hall–Kier alpha value is -2.64. The van der Waals surface area contributed by atoms with Gasteiger partial charge in [0.2, 0.25) is 0 Å². The summed E-state index contributed by atoms with van der Waals surface area (Å²) >= 11 is 0. The van der Waals surface area contributed by atoms with Crippen LogP contribution in [0.2, 0.25) is 0 Å². The second kappa shape index (κ2) is 4.23. The topological polar surface area (TPSA) is 22.0 Å². The van der Waals surface area contributed by atoms with Crippen LogP contribution in [0, 0.1) is 5.82 Å². The summed E-state index contributed by atoms with van der Waals surface area (Å²) in [7, 11) is 0. The molecular weight excluding hydrogens is 241 g/mol. The van der Waals surface area contributed by atoms with Gasteiger partial charge in [0.1, 0.15) is 5.82 Å². The summed E-state index contributed by atoms with van der Waals surface area (Å²) in [6.45, 7) is 3.56. The van der Waals surface area contributed by atoms with E-state index in [-0.39, 0.29) is 5.43 Å². The van der Waals surface area contributed by atoms with Gasteiger partial charge in [-0.3, -0.25) is 4.79 Å². The van der Waals surface area contributed by atoms with E-state index in [1.807, 2.05) is 12.1 Å². The quantitative estimate of drug-likeness (QED) is 0.479. The van der Waals surface area contributed by atoms with Gasteiger partial charge in [-0.1, -0.05) is 18.7 Å². The second-order valence-electron chi connectivity index (χ2n) is 4.21. The van der Waals surface area contributed by atoms with Crippen LogP contribution in [0.4, 0.5) is 4.39 Å². The summed E-state index contributed by atoms with van der Waals surface area (Å²) in [5, 5.41) is 0.900. The minimum Gasteiger partial charge on any atom is -0.309 e. The van der Waals surface area contributed by atoms with Gasteiger partial charge in [0.05, 0.1) is 17.2 Å². The van der Waals surface area contributed by atoms with E-state index in [4.69, 9.17) is 0 Å². The molecular formula is C16H10FNO. The largest absolute Gasteiger partial charge is 0.309 e. The van der Waals surface area contributed by atoms with Crippen molar-refractivity contribution in [2.45, 2.75) is 0 Å². The first-order chi connectivity index (χ1) is 9.22. The van der Waals surface area contributed by atoms with E-state index in [0.717, 1.165) is 5.52 Å². The lowest BCUT2D eigenvalue weighted by Gasteiger charge is -2.10. The van der Waals surface area contributed by atoms with E-state index in [0.29, 0.717) is 16.3 Å². The SMILES string of the molecule is C=C=Cn1c2ccccc2c(=O)c2cc(F)ccc21. The Morgan fingerprint density at radius 2 is 1.84 bits per heavy atom. The molecule has 0 N–H and O–H groups in total. The second-order valence-corrected chi connectivity index (χ2v) is 4.21. The predicted octanol–water partition coefficient (Wildman–Crippen LogP) is 3.55. The first-order valence-corrected chi connectivity index (χ1v) is 5.81. The number of aromatic nitrogens is 1. The maximum atomic E-state index is 13.3. The molecule has 0 fully saturated rings. The van der Waals surface area contributed by atoms with E-state index in [1.165, 1.54) is 12.1 Å². The first-order valence-electron chi connectivity index (χ1n) is 5.81. The zero-order chi connectivity index (χ0) is 13.4. The van der Waals surface area contributed by atoms with E-state index >= 15 is 0 Å². The van der Waals surface area contributed by atoms with Crippen molar-refractivity contribution in [2.24, 2.45) is 0 Å². The number of nitrogens with zero attached hydrogens (tertiary/aromatic N) is 1. The van der Waals surface area contributed by atoms with Crippen molar-refractivity contribution in [3.05, 3.63) is 70.8 Å². The Morgan fingerprint density at radius 3 is 2.63 bits per heavy atom. The predicted molar refractivity (Wildman–Crippen MR) is 75.6 cm³/mol. The summed E-state index contributed by atoms with van der Waals surface area (Å²) in [5.74, 6) is -0.422. The highest BCUT2D eigenvalue weighted by molar-refractivity contribution is 5.95. The molecule has 2 nitrogen and oxygen atoms in total. The van der Waals surface area contributed by atoms with Crippen LogP contribution in [-0.4, -0.2) is 4.57 Å². The van der Waals surface area contributed by atoms with Gasteiger partial charge in [-0.15, -0.1) is 5.73 Å². The van der Waals surface area contributed by atoms with Crippen LogP contribution in [0.15, 0.2) is 59.6 Å². The van der Waals surface area contributed by atoms with Crippen molar-refractivity contribution in [1.29, 1.82) is 0 Å². The minimum atomic E-state index is -0.422. The molecule has 0 atom stereocenters. The standard InChI is InChI=1S/C16H10FNO/c1-2-9-18-14-6-4-3-5-12(14)16(19)13-10-11(17)7-8-15(13)18/h3-10H,1H2. The lowest BCUT2D eigenvalue weighted by atomic mass is 10.1. The molecule has 0 saturated heterocycles. The molecule has 3 rings (SSSR count). The highest BCUT2D eigenvalue weighted by Gasteiger charge is 2.09. The molecule has 0 saturated carbocycles. The first kappa shape index (κ1) is 11.5. The molecule has 0 aliphatic heterocycles. The fraction of sp³-hybridized carbons (Fsp3) is 0. The van der Waals surface area contributed by atoms with Crippen molar-refractivity contribution >= 4 is 28.0 Å². The van der Waals surface area contributed by atoms with Crippen LogP contribution >= 0.6 is 0 Å². The molecule has 0 spiro atoms. The van der Waals surface area contributed by atoms with Gasteiger partial charge in [-0.2, -0.15) is 0 Å². The smallest absolute Gasteiger partial charge is 0.197 e. The Morgan fingerprint density at radius 1 is 1.11 bits per heavy atom. The van der Waals surface area contributed by atoms with Gasteiger partial charge in [0.25, 0.3) is 0 Å². The molecule has 3 aromatic rings. The molecule has 3 heteroatoms. The molecule has 0 bridgehead atoms. The number of pyridine rings is 1. The van der Waals surface area contributed by atoms with Gasteiger partial charge in [0, 0.05) is 10.8 Å². The van der Waals surface area contributed by atoms with Gasteiger partial charge >= 0.3 is 0 Å². The van der Waals surface area contributed by atoms with E-state index < -0.39 is 5.82 Å². The molecule has 0 aliphatic rings. The third-order valence-electron chi connectivity index (χ3n) is 3.09. The summed E-state index contributed by atoms with van der Waals surface area (Å²) in [6.07, 6.45) is 1.64. The molecule has 0 radical (unpaired) electrons. The lowest BCUT2D eigenvalue weighted by Crippen LogP contribution is -2.08. The Kier molecular flexibility index (Phi) is 2.55. The summed E-state index contributed by atoms with van der Waals surface area (Å²) in [6, 6.07) is 11.4. The number of fused-ring (bicyclic) bond motifs is 2. The summed E-state index contributed by atoms with van der Waals surface area (Å²) in [4.78, 5) is 12.4. The normalized spacial score (nSPS) is 10.6. The van der Waals surface area contributed by atoms with Crippen LogP contribution in [0.25, 0.3) is 28.0 Å². The Labute approximate surface area is 108 Å². The number of hydrogen-bond donors (Lipinski definition) is 0. The molecule has 2 aromatic carbocycles. The summed E-state index contributed by atoms with van der Waals surface area (Å²) < 4.78 is 15.1. The highest BCUT2D eigenvalue weighted by Crippen LogP contribution is 2.20. The van der Waals surface area contributed by atoms with Crippen molar-refractivity contribution < 1.29 is 4.39 Å². The van der Waals surface area contributed by atoms with E-state index in [1.54, 1.807) is 29.0 Å². The fourth-order valence-electron chi connectivity index (χ4n) is 2.28. The zero-order valence-electron chi connectivity index (χ0n) is 10.1. The third-order valence-corrected chi connectivity index (χ3v) is 3.09. The number of halogens is 1. The van der Waals surface area contributed by atoms with Gasteiger partial charge in [-0.05, 0) is 30.3 Å². The van der Waals surface area contributed by atoms with Crippen LogP contribution in [0.3, 0.4) is 0 Å². The van der Waals surface area contributed by atoms with Gasteiger partial charge in [0.15, 0.2) is 5.43 Å². The number of rotatable bonds is 1. The number of benzene rings is 2. The van der Waals surface area contributed by atoms with E-state index in [2.05, 4.69) is 12.3 Å². The molecule has 0 aliphatic carbocycles. The van der Waals surface area contributed by atoms with Crippen molar-refractivity contribution in [3.8, 4) is 0 Å². The molecule has 0 unspecified atom stereocenters. The van der Waals surface area contributed by atoms with Gasteiger partial charge in [-0.25, -0.2) is 4.39 Å². The monoisotopic (exact) mass is 251 g/mol. The molecule has 1 aromatic heterocycles. The highest BCUT2D eigenvalue weighted by atomic mass is 19.1. The molecule has 1 heterocycles. The van der Waals surface area contributed by atoms with Gasteiger partial charge < -0.3 is 4.57 Å². The van der Waals surface area contributed by atoms with Crippen LogP contribution in [0.5, 0.6) is 0 Å².